The van der Waals surface area contributed by atoms with Crippen LogP contribution in [0.15, 0.2) is 24.3 Å². The lowest BCUT2D eigenvalue weighted by atomic mass is 9.88. The van der Waals surface area contributed by atoms with Crippen molar-refractivity contribution in [3.8, 4) is 0 Å². The predicted octanol–water partition coefficient (Wildman–Crippen LogP) is 3.78. The van der Waals surface area contributed by atoms with E-state index in [1.165, 1.54) is 0 Å². The second kappa shape index (κ2) is 8.92. The highest BCUT2D eigenvalue weighted by atomic mass is 35.5. The molecular weight excluding hydrogens is 314 g/mol. The summed E-state index contributed by atoms with van der Waals surface area (Å²) in [4.78, 5) is 24.2. The Balaban J connectivity index is 2.66. The molecule has 0 unspecified atom stereocenters. The fraction of sp³-hybridized carbons (Fsp3) is 0.556. The van der Waals surface area contributed by atoms with Crippen LogP contribution in [-0.4, -0.2) is 24.5 Å². The van der Waals surface area contributed by atoms with Gasteiger partial charge in [-0.1, -0.05) is 51.4 Å². The molecule has 0 bridgehead atoms. The minimum absolute atomic E-state index is 0.0402. The van der Waals surface area contributed by atoms with E-state index >= 15 is 0 Å². The van der Waals surface area contributed by atoms with Crippen molar-refractivity contribution in [2.24, 2.45) is 11.8 Å². The van der Waals surface area contributed by atoms with Gasteiger partial charge in [0.1, 0.15) is 0 Å². The van der Waals surface area contributed by atoms with Crippen LogP contribution in [0.25, 0.3) is 0 Å². The standard InChI is InChI=1S/C18H26ClNO3/c1-11(2)13(5)20-16(21)10-23-18(22)17(12(3)4)14-6-8-15(19)9-7-14/h6-9,11-13,17H,10H2,1-5H3,(H,20,21)/t13-,17-/m0/s1. The number of nitrogens with one attached hydrogen (secondary N) is 1. The minimum Gasteiger partial charge on any atom is -0.455 e. The maximum atomic E-state index is 12.4. The maximum Gasteiger partial charge on any atom is 0.314 e. The van der Waals surface area contributed by atoms with E-state index in [0.29, 0.717) is 10.9 Å². The molecule has 0 aromatic heterocycles. The van der Waals surface area contributed by atoms with Gasteiger partial charge in [-0.2, -0.15) is 0 Å². The molecule has 1 aromatic carbocycles. The topological polar surface area (TPSA) is 55.4 Å². The number of ether oxygens (including phenoxy) is 1. The summed E-state index contributed by atoms with van der Waals surface area (Å²) in [6.07, 6.45) is 0. The number of hydrogen-bond acceptors (Lipinski definition) is 3. The van der Waals surface area contributed by atoms with Gasteiger partial charge in [0.15, 0.2) is 6.61 Å². The van der Waals surface area contributed by atoms with Crippen molar-refractivity contribution in [3.05, 3.63) is 34.9 Å². The molecule has 0 saturated carbocycles. The molecule has 0 saturated heterocycles. The largest absolute Gasteiger partial charge is 0.455 e. The van der Waals surface area contributed by atoms with Crippen LogP contribution in [-0.2, 0) is 14.3 Å². The second-order valence-corrected chi connectivity index (χ2v) is 6.92. The monoisotopic (exact) mass is 339 g/mol. The quantitative estimate of drug-likeness (QED) is 0.769. The SMILES string of the molecule is CC(C)[C@H](C)NC(=O)COC(=O)[C@H](c1ccc(Cl)cc1)C(C)C. The lowest BCUT2D eigenvalue weighted by Gasteiger charge is -2.21. The Kier molecular flexibility index (Phi) is 7.56. The third-order valence-corrected chi connectivity index (χ3v) is 4.14. The van der Waals surface area contributed by atoms with E-state index < -0.39 is 11.9 Å². The van der Waals surface area contributed by atoms with Gasteiger partial charge >= 0.3 is 5.97 Å². The number of carbonyl (C=O) groups excluding carboxylic acids is 2. The molecule has 1 N–H and O–H groups in total. The summed E-state index contributed by atoms with van der Waals surface area (Å²) in [6.45, 7) is 9.60. The molecular formula is C18H26ClNO3. The molecule has 2 atom stereocenters. The van der Waals surface area contributed by atoms with E-state index in [4.69, 9.17) is 16.3 Å². The first-order chi connectivity index (χ1) is 10.7. The number of benzene rings is 1. The molecule has 4 nitrogen and oxygen atoms in total. The third-order valence-electron chi connectivity index (χ3n) is 3.88. The Hall–Kier alpha value is -1.55. The number of carbonyl (C=O) groups is 2. The molecule has 0 aliphatic carbocycles. The average molecular weight is 340 g/mol. The van der Waals surface area contributed by atoms with Crippen molar-refractivity contribution in [2.45, 2.75) is 46.6 Å². The maximum absolute atomic E-state index is 12.4. The smallest absolute Gasteiger partial charge is 0.314 e. The Labute approximate surface area is 143 Å². The zero-order valence-electron chi connectivity index (χ0n) is 14.4. The summed E-state index contributed by atoms with van der Waals surface area (Å²) in [5.74, 6) is -0.705. The van der Waals surface area contributed by atoms with Gasteiger partial charge in [0.25, 0.3) is 5.91 Å². The molecule has 1 aromatic rings. The van der Waals surface area contributed by atoms with Crippen LogP contribution in [0.1, 0.15) is 46.1 Å². The number of halogens is 1. The summed E-state index contributed by atoms with van der Waals surface area (Å²) in [5.41, 5.74) is 0.838. The fourth-order valence-electron chi connectivity index (χ4n) is 2.15. The summed E-state index contributed by atoms with van der Waals surface area (Å²) in [6, 6.07) is 7.16. The van der Waals surface area contributed by atoms with Gasteiger partial charge < -0.3 is 10.1 Å². The molecule has 0 aliphatic rings. The first-order valence-corrected chi connectivity index (χ1v) is 8.31. The van der Waals surface area contributed by atoms with E-state index in [0.717, 1.165) is 5.56 Å². The Morgan fingerprint density at radius 2 is 1.61 bits per heavy atom. The van der Waals surface area contributed by atoms with Gasteiger partial charge in [0.05, 0.1) is 5.92 Å². The molecule has 0 fully saturated rings. The molecule has 0 radical (unpaired) electrons. The molecule has 128 valence electrons. The van der Waals surface area contributed by atoms with Crippen LogP contribution in [0.4, 0.5) is 0 Å². The molecule has 0 heterocycles. The molecule has 5 heteroatoms. The van der Waals surface area contributed by atoms with Crippen LogP contribution < -0.4 is 5.32 Å². The van der Waals surface area contributed by atoms with Crippen LogP contribution in [0, 0.1) is 11.8 Å². The van der Waals surface area contributed by atoms with Crippen LogP contribution in [0.2, 0.25) is 5.02 Å². The van der Waals surface area contributed by atoms with Crippen LogP contribution >= 0.6 is 11.6 Å². The number of esters is 1. The van der Waals surface area contributed by atoms with Crippen LogP contribution in [0.5, 0.6) is 0 Å². The number of hydrogen-bond donors (Lipinski definition) is 1. The van der Waals surface area contributed by atoms with Crippen molar-refractivity contribution in [1.82, 2.24) is 5.32 Å². The summed E-state index contributed by atoms with van der Waals surface area (Å²) < 4.78 is 5.21. The van der Waals surface area contributed by atoms with Crippen molar-refractivity contribution in [3.63, 3.8) is 0 Å². The second-order valence-electron chi connectivity index (χ2n) is 6.48. The first kappa shape index (κ1) is 19.5. The fourth-order valence-corrected chi connectivity index (χ4v) is 2.28. The normalized spacial score (nSPS) is 13.7. The number of amides is 1. The first-order valence-electron chi connectivity index (χ1n) is 7.93. The van der Waals surface area contributed by atoms with Crippen molar-refractivity contribution >= 4 is 23.5 Å². The highest BCUT2D eigenvalue weighted by Crippen LogP contribution is 2.27. The van der Waals surface area contributed by atoms with Gasteiger partial charge in [-0.05, 0) is 36.5 Å². The van der Waals surface area contributed by atoms with E-state index in [2.05, 4.69) is 5.32 Å². The van der Waals surface area contributed by atoms with Gasteiger partial charge in [-0.3, -0.25) is 9.59 Å². The lowest BCUT2D eigenvalue weighted by molar-refractivity contribution is -0.151. The van der Waals surface area contributed by atoms with Gasteiger partial charge in [-0.15, -0.1) is 0 Å². The average Bonchev–Trinajstić information content (AvgIpc) is 2.47. The van der Waals surface area contributed by atoms with Crippen molar-refractivity contribution in [1.29, 1.82) is 0 Å². The summed E-state index contributed by atoms with van der Waals surface area (Å²) >= 11 is 5.88. The van der Waals surface area contributed by atoms with E-state index in [-0.39, 0.29) is 24.5 Å². The van der Waals surface area contributed by atoms with E-state index in [1.54, 1.807) is 12.1 Å². The van der Waals surface area contributed by atoms with Gasteiger partial charge in [-0.25, -0.2) is 0 Å². The van der Waals surface area contributed by atoms with Gasteiger partial charge in [0.2, 0.25) is 0 Å². The third kappa shape index (κ3) is 6.22. The number of rotatable bonds is 7. The Bertz CT molecular complexity index is 526. The highest BCUT2D eigenvalue weighted by molar-refractivity contribution is 6.30. The molecule has 0 spiro atoms. The summed E-state index contributed by atoms with van der Waals surface area (Å²) in [5, 5.41) is 3.43. The van der Waals surface area contributed by atoms with Gasteiger partial charge in [0, 0.05) is 11.1 Å². The molecule has 0 aliphatic heterocycles. The van der Waals surface area contributed by atoms with Crippen molar-refractivity contribution < 1.29 is 14.3 Å². The van der Waals surface area contributed by atoms with Crippen molar-refractivity contribution in [2.75, 3.05) is 6.61 Å². The van der Waals surface area contributed by atoms with E-state index in [9.17, 15) is 9.59 Å². The van der Waals surface area contributed by atoms with E-state index in [1.807, 2.05) is 46.8 Å². The lowest BCUT2D eigenvalue weighted by Crippen LogP contribution is -2.39. The predicted molar refractivity (Wildman–Crippen MR) is 92.4 cm³/mol. The molecule has 1 rings (SSSR count). The minimum atomic E-state index is -0.414. The zero-order chi connectivity index (χ0) is 17.6. The van der Waals surface area contributed by atoms with Crippen LogP contribution in [0.3, 0.4) is 0 Å². The molecule has 23 heavy (non-hydrogen) atoms. The summed E-state index contributed by atoms with van der Waals surface area (Å²) in [7, 11) is 0. The Morgan fingerprint density at radius 1 is 1.04 bits per heavy atom. The Morgan fingerprint density at radius 3 is 2.09 bits per heavy atom. The zero-order valence-corrected chi connectivity index (χ0v) is 15.2. The highest BCUT2D eigenvalue weighted by Gasteiger charge is 2.26. The molecule has 1 amide bonds.